The minimum atomic E-state index is -4.10. The van der Waals surface area contributed by atoms with Crippen molar-refractivity contribution in [3.63, 3.8) is 0 Å². The molecule has 3 aromatic heterocycles. The number of nitrogens with zero attached hydrogens (tertiary/aromatic N) is 16. The van der Waals surface area contributed by atoms with Gasteiger partial charge in [0, 0.05) is 135 Å². The lowest BCUT2D eigenvalue weighted by molar-refractivity contribution is -0.292. The number of likely N-dealkylation sites (N-methyl/N-ethyl adjacent to an activating group) is 1. The highest BCUT2D eigenvalue weighted by Gasteiger charge is 2.46. The van der Waals surface area contributed by atoms with Gasteiger partial charge in [-0.15, -0.1) is 15.3 Å². The molecule has 6 aliphatic heterocycles. The summed E-state index contributed by atoms with van der Waals surface area (Å²) in [6, 6.07) is 40.3. The van der Waals surface area contributed by atoms with Crippen LogP contribution in [0, 0.1) is 45.8 Å². The van der Waals surface area contributed by atoms with Gasteiger partial charge in [-0.2, -0.15) is 15.8 Å². The molecule has 0 saturated carbocycles. The van der Waals surface area contributed by atoms with Crippen LogP contribution >= 0.6 is 0 Å². The molecule has 6 saturated heterocycles. The number of aliphatic hydroxyl groups excluding tert-OH is 7. The molecular weight excluding hydrogens is 1870 g/mol. The Labute approximate surface area is 805 Å². The molecule has 0 amide bonds. The summed E-state index contributed by atoms with van der Waals surface area (Å²) in [5.74, 6) is -0.911. The Morgan fingerprint density at radius 2 is 0.770 bits per heavy atom. The van der Waals surface area contributed by atoms with Crippen LogP contribution in [0.2, 0.25) is 0 Å². The van der Waals surface area contributed by atoms with Crippen molar-refractivity contribution >= 4 is 97.7 Å². The quantitative estimate of drug-likeness (QED) is 0.0192. The summed E-state index contributed by atoms with van der Waals surface area (Å²) in [6.07, 6.45) is -4.21. The van der Waals surface area contributed by atoms with E-state index in [1.807, 2.05) is 72.8 Å². The number of anilines is 3. The van der Waals surface area contributed by atoms with E-state index >= 15 is 0 Å². The van der Waals surface area contributed by atoms with Gasteiger partial charge in [0.2, 0.25) is 0 Å². The van der Waals surface area contributed by atoms with Crippen molar-refractivity contribution in [2.75, 3.05) is 175 Å². The van der Waals surface area contributed by atoms with Gasteiger partial charge in [-0.3, -0.25) is 4.90 Å². The van der Waals surface area contributed by atoms with Crippen molar-refractivity contribution in [2.24, 2.45) is 11.8 Å². The second-order valence-electron chi connectivity index (χ2n) is 34.2. The number of methoxy groups -OCH3 is 3. The van der Waals surface area contributed by atoms with E-state index < -0.39 is 137 Å². The summed E-state index contributed by atoms with van der Waals surface area (Å²) in [4.78, 5) is 8.07. The minimum absolute atomic E-state index is 0.00631. The van der Waals surface area contributed by atoms with Crippen LogP contribution in [-0.2, 0) is 122 Å². The van der Waals surface area contributed by atoms with E-state index in [1.165, 1.54) is 53.6 Å². The highest BCUT2D eigenvalue weighted by molar-refractivity contribution is 7.94. The SMILES string of the molecule is CO[C@H]1O[C@H](Cn2cc(COCCNS(=O)(=O)/C(C#N)=C/c3ccc4cc(N5CCN(C)CC5)ccc4c3)nn2)[C@@H](O)[C@H](C)[C@H]1O.CO[C@H]1O[C@H](Cn2cc(COCCNS(=O)(=O)/C(C#N)=C/c3ccc4cc(N5CCOCC5)ccc4c3)nn2)[C@@H](O)[C@H](C)[C@H]1O.CO[C@H]1O[C@H](Cn2cc(COCCNS(=O)(=O)/C(C#N)=C/c3ccc4cc(NCCN5CCOCC5)ccc4c3)nn2)[C@@H](O)[C@H](O)[C@H]1O. The first-order chi connectivity index (χ1) is 66.9. The molecule has 44 nitrogen and oxygen atoms in total. The molecule has 0 spiro atoms. The lowest BCUT2D eigenvalue weighted by atomic mass is 9.90. The standard InChI is InChI=1S/C31H41N7O9S.C31H41N7O7S.C30H38N6O8S/c1-44-31-30(41)29(40)28(39)27(47-31)19-38-18-25(35-36-38)20-46-11-7-34-48(42,43)26(17-32)15-21-2-3-23-16-24(5-4-22(23)14-21)33-6-8-37-9-12-45-13-10-37;1-21-29(39)28(45-31(43-3)30(21)40)19-38-18-25(34-35-38)20-44-13-8-33-46(41,42)27(17-32)15-22-4-5-24-16-26(7-6-23(24)14-22)37-11-9-36(2)10-12-37;1-20-28(37)27(44-30(41-2)29(20)38)18-36-17-24(33-34-36)19-43-10-7-32-45(39,40)26(16-31)14-21-3-4-23-15-25(6-5-22(23)13-21)35-8-11-42-12-9-35/h2-5,14-16,18,27-31,33-34,39-41H,6-13,19-20H2,1H3;4-7,14-16,18,21,28-31,33,39-40H,8-13,19-20H2,1-3H3;3-6,13-15,17,20,27-30,32,37-38H,7-12,18-19H2,1-2H3/b26-15+;27-15+;26-14+/t27-,28-,29+,30-,31+;21-,28+,29-,30+,31-;20-,27+,28-,29+,30-/m100/s1. The number of benzene rings is 6. The fourth-order valence-corrected chi connectivity index (χ4v) is 19.1. The van der Waals surface area contributed by atoms with Crippen LogP contribution in [0.5, 0.6) is 0 Å². The predicted molar refractivity (Wildman–Crippen MR) is 508 cm³/mol. The molecule has 0 unspecified atom stereocenters. The molecule has 11 N–H and O–H groups in total. The van der Waals surface area contributed by atoms with Crippen molar-refractivity contribution in [3.05, 3.63) is 176 Å². The first kappa shape index (κ1) is 106. The normalized spacial score (nSPS) is 24.4. The molecular formula is C92H120N20O24S3. The highest BCUT2D eigenvalue weighted by Crippen LogP contribution is 2.33. The van der Waals surface area contributed by atoms with E-state index in [0.29, 0.717) is 47.0 Å². The maximum atomic E-state index is 12.9. The molecule has 15 rings (SSSR count). The lowest BCUT2D eigenvalue weighted by Gasteiger charge is -2.40. The van der Waals surface area contributed by atoms with E-state index in [0.717, 1.165) is 128 Å². The van der Waals surface area contributed by atoms with Gasteiger partial charge in [0.05, 0.1) is 117 Å². The van der Waals surface area contributed by atoms with Crippen LogP contribution in [-0.4, -0.2) is 355 Å². The van der Waals surface area contributed by atoms with Crippen molar-refractivity contribution < 1.29 is 113 Å². The van der Waals surface area contributed by atoms with Crippen molar-refractivity contribution in [2.45, 2.75) is 133 Å². The van der Waals surface area contributed by atoms with Crippen molar-refractivity contribution in [1.29, 1.82) is 15.8 Å². The fourth-order valence-electron chi connectivity index (χ4n) is 16.3. The van der Waals surface area contributed by atoms with Gasteiger partial charge in [-0.1, -0.05) is 84.1 Å². The Morgan fingerprint density at radius 3 is 1.16 bits per heavy atom. The molecule has 0 bridgehead atoms. The highest BCUT2D eigenvalue weighted by atomic mass is 32.2. The number of aromatic nitrogens is 9. The van der Waals surface area contributed by atoms with Crippen LogP contribution < -0.4 is 29.3 Å². The number of nitriles is 3. The van der Waals surface area contributed by atoms with Crippen molar-refractivity contribution in [3.8, 4) is 18.2 Å². The van der Waals surface area contributed by atoms with Crippen LogP contribution in [0.15, 0.2) is 143 Å². The zero-order chi connectivity index (χ0) is 98.9. The number of nitrogens with one attached hydrogen (secondary N) is 4. The monoisotopic (exact) mass is 1980 g/mol. The predicted octanol–water partition coefficient (Wildman–Crippen LogP) is 1.54. The Kier molecular flexibility index (Phi) is 38.3. The maximum absolute atomic E-state index is 12.9. The molecule has 6 fully saturated rings. The van der Waals surface area contributed by atoms with Crippen LogP contribution in [0.3, 0.4) is 0 Å². The number of piperazine rings is 1. The molecule has 6 aromatic carbocycles. The van der Waals surface area contributed by atoms with E-state index in [4.69, 9.17) is 52.1 Å². The number of aliphatic hydroxyl groups is 7. The molecule has 6 aliphatic rings. The average molecular weight is 1990 g/mol. The molecule has 15 atom stereocenters. The Morgan fingerprint density at radius 1 is 0.424 bits per heavy atom. The number of rotatable bonds is 39. The van der Waals surface area contributed by atoms with E-state index in [9.17, 15) is 76.8 Å². The number of sulfonamides is 3. The molecule has 9 heterocycles. The van der Waals surface area contributed by atoms with E-state index in [1.54, 1.807) is 68.8 Å². The third kappa shape index (κ3) is 28.9. The van der Waals surface area contributed by atoms with Gasteiger partial charge >= 0.3 is 0 Å². The summed E-state index contributed by atoms with van der Waals surface area (Å²) < 4.78 is 148. The van der Waals surface area contributed by atoms with E-state index in [-0.39, 0.29) is 78.9 Å². The number of hydrogen-bond donors (Lipinski definition) is 11. The topological polar surface area (TPSA) is 570 Å². The molecule has 9 aromatic rings. The summed E-state index contributed by atoms with van der Waals surface area (Å²) in [6.45, 7) is 16.0. The fraction of sp³-hybridized carbons (Fsp3) is 0.511. The molecule has 47 heteroatoms. The van der Waals surface area contributed by atoms with Gasteiger partial charge < -0.3 is 108 Å². The molecule has 0 radical (unpaired) electrons. The lowest BCUT2D eigenvalue weighted by Crippen LogP contribution is -2.58. The molecule has 0 aliphatic carbocycles. The second-order valence-corrected chi connectivity index (χ2v) is 39.4. The van der Waals surface area contributed by atoms with Gasteiger partial charge in [0.15, 0.2) is 33.6 Å². The molecule has 139 heavy (non-hydrogen) atoms. The number of morpholine rings is 2. The third-order valence-corrected chi connectivity index (χ3v) is 28.6. The van der Waals surface area contributed by atoms with Gasteiger partial charge in [-0.25, -0.2) is 53.5 Å². The zero-order valence-corrected chi connectivity index (χ0v) is 80.3. The van der Waals surface area contributed by atoms with Crippen LogP contribution in [0.1, 0.15) is 47.6 Å². The van der Waals surface area contributed by atoms with Gasteiger partial charge in [-0.05, 0) is 129 Å². The molecule has 750 valence electrons. The number of allylic oxidation sites excluding steroid dienone is 3. The minimum Gasteiger partial charge on any atom is -0.390 e. The zero-order valence-electron chi connectivity index (χ0n) is 77.9. The number of hydrogen-bond acceptors (Lipinski definition) is 38. The van der Waals surface area contributed by atoms with Crippen LogP contribution in [0.25, 0.3) is 50.5 Å². The Hall–Kier alpha value is -10.5. The van der Waals surface area contributed by atoms with E-state index in [2.05, 4.69) is 95.3 Å². The van der Waals surface area contributed by atoms with Crippen molar-refractivity contribution in [1.82, 2.24) is 68.9 Å². The van der Waals surface area contributed by atoms with Gasteiger partial charge in [0.1, 0.15) is 84.1 Å². The summed E-state index contributed by atoms with van der Waals surface area (Å²) in [5.41, 5.74) is 6.45. The van der Waals surface area contributed by atoms with Crippen LogP contribution in [0.4, 0.5) is 17.1 Å². The Bertz CT molecular complexity index is 6150. The maximum Gasteiger partial charge on any atom is 0.250 e. The largest absolute Gasteiger partial charge is 0.390 e. The third-order valence-electron chi connectivity index (χ3n) is 24.4. The first-order valence-corrected chi connectivity index (χ1v) is 49.9. The average Bonchev–Trinajstić information content (AvgIpc) is 1.71. The summed E-state index contributed by atoms with van der Waals surface area (Å²) in [7, 11) is -5.96. The number of fused-ring (bicyclic) bond motifs is 3. The number of ether oxygens (including phenoxy) is 11. The van der Waals surface area contributed by atoms with Gasteiger partial charge in [0.25, 0.3) is 30.1 Å². The summed E-state index contributed by atoms with van der Waals surface area (Å²) >= 11 is 0. The first-order valence-electron chi connectivity index (χ1n) is 45.4. The Balaban J connectivity index is 0.000000176. The summed E-state index contributed by atoms with van der Waals surface area (Å²) in [5, 5.41) is 134. The smallest absolute Gasteiger partial charge is 0.250 e. The second kappa shape index (κ2) is 50.3.